The Labute approximate surface area is 108 Å². The van der Waals surface area contributed by atoms with E-state index in [-0.39, 0.29) is 12.4 Å². The molecular formula is C13H17Cl2N. The van der Waals surface area contributed by atoms with Gasteiger partial charge in [0.05, 0.1) is 0 Å². The molecule has 1 nitrogen and oxygen atoms in total. The van der Waals surface area contributed by atoms with Crippen molar-refractivity contribution in [2.24, 2.45) is 0 Å². The van der Waals surface area contributed by atoms with E-state index in [9.17, 15) is 0 Å². The maximum absolute atomic E-state index is 6.28. The predicted molar refractivity (Wildman–Crippen MR) is 70.6 cm³/mol. The number of hydrogen-bond donors (Lipinski definition) is 0. The molecule has 0 radical (unpaired) electrons. The maximum atomic E-state index is 6.28. The molecule has 0 bridgehead atoms. The second-order valence-corrected chi connectivity index (χ2v) is 5.24. The minimum atomic E-state index is 0. The number of hydrogen-bond acceptors (Lipinski definition) is 1. The summed E-state index contributed by atoms with van der Waals surface area (Å²) in [4.78, 5) is 2.60. The molecule has 0 spiro atoms. The van der Waals surface area contributed by atoms with Gasteiger partial charge in [-0.2, -0.15) is 0 Å². The molecule has 3 rings (SSSR count). The van der Waals surface area contributed by atoms with E-state index >= 15 is 0 Å². The monoisotopic (exact) mass is 257 g/mol. The first-order chi connectivity index (χ1) is 7.34. The summed E-state index contributed by atoms with van der Waals surface area (Å²) in [5, 5.41) is 0.373. The summed E-state index contributed by atoms with van der Waals surface area (Å²) in [5.41, 5.74) is 3.05. The number of alkyl halides is 1. The minimum absolute atomic E-state index is 0. The van der Waals surface area contributed by atoms with E-state index in [4.69, 9.17) is 11.6 Å². The third kappa shape index (κ3) is 2.09. The Bertz CT molecular complexity index is 367. The van der Waals surface area contributed by atoms with Crippen LogP contribution < -0.4 is 0 Å². The average Bonchev–Trinajstić information content (AvgIpc) is 2.29. The fourth-order valence-corrected chi connectivity index (χ4v) is 3.18. The van der Waals surface area contributed by atoms with Crippen molar-refractivity contribution in [3.05, 3.63) is 35.4 Å². The molecule has 1 aromatic rings. The highest BCUT2D eigenvalue weighted by molar-refractivity contribution is 6.20. The number of rotatable bonds is 0. The Morgan fingerprint density at radius 1 is 1.19 bits per heavy atom. The minimum Gasteiger partial charge on any atom is -0.296 e. The molecule has 1 saturated heterocycles. The van der Waals surface area contributed by atoms with Crippen LogP contribution in [0.25, 0.3) is 0 Å². The Morgan fingerprint density at radius 3 is 2.88 bits per heavy atom. The quantitative estimate of drug-likeness (QED) is 0.644. The van der Waals surface area contributed by atoms with Gasteiger partial charge >= 0.3 is 0 Å². The fourth-order valence-electron chi connectivity index (χ4n) is 2.91. The number of nitrogens with zero attached hydrogens (tertiary/aromatic N) is 1. The van der Waals surface area contributed by atoms with E-state index in [0.717, 1.165) is 12.8 Å². The number of fused-ring (bicyclic) bond motifs is 3. The summed E-state index contributed by atoms with van der Waals surface area (Å²) in [5.74, 6) is 0. The summed E-state index contributed by atoms with van der Waals surface area (Å²) in [6.45, 7) is 2.39. The van der Waals surface area contributed by atoms with Crippen LogP contribution in [0.1, 0.15) is 30.0 Å². The van der Waals surface area contributed by atoms with Gasteiger partial charge in [-0.3, -0.25) is 4.90 Å². The molecule has 2 unspecified atom stereocenters. The summed E-state index contributed by atoms with van der Waals surface area (Å²) >= 11 is 6.28. The van der Waals surface area contributed by atoms with Gasteiger partial charge in [-0.15, -0.1) is 24.0 Å². The molecule has 0 N–H and O–H groups in total. The largest absolute Gasteiger partial charge is 0.296 e. The van der Waals surface area contributed by atoms with E-state index in [0.29, 0.717) is 11.4 Å². The van der Waals surface area contributed by atoms with Crippen molar-refractivity contribution < 1.29 is 0 Å². The van der Waals surface area contributed by atoms with Gasteiger partial charge in [0.25, 0.3) is 0 Å². The lowest BCUT2D eigenvalue weighted by molar-refractivity contribution is 0.141. The molecule has 0 saturated carbocycles. The van der Waals surface area contributed by atoms with Gasteiger partial charge < -0.3 is 0 Å². The van der Waals surface area contributed by atoms with Crippen molar-refractivity contribution >= 4 is 24.0 Å². The number of piperidine rings is 1. The molecule has 2 atom stereocenters. The lowest BCUT2D eigenvalue weighted by Crippen LogP contribution is -2.41. The summed E-state index contributed by atoms with van der Waals surface area (Å²) < 4.78 is 0. The van der Waals surface area contributed by atoms with Gasteiger partial charge in [0, 0.05) is 24.5 Å². The molecule has 88 valence electrons. The van der Waals surface area contributed by atoms with Crippen LogP contribution in [-0.4, -0.2) is 23.4 Å². The molecule has 2 aliphatic rings. The topological polar surface area (TPSA) is 3.24 Å². The van der Waals surface area contributed by atoms with Gasteiger partial charge in [0.15, 0.2) is 0 Å². The highest BCUT2D eigenvalue weighted by Crippen LogP contribution is 2.37. The van der Waals surface area contributed by atoms with Gasteiger partial charge in [0.2, 0.25) is 0 Å². The smallest absolute Gasteiger partial charge is 0.0366 e. The summed E-state index contributed by atoms with van der Waals surface area (Å²) in [6, 6.07) is 9.44. The first kappa shape index (κ1) is 12.2. The zero-order valence-corrected chi connectivity index (χ0v) is 10.8. The van der Waals surface area contributed by atoms with Gasteiger partial charge in [-0.05, 0) is 30.4 Å². The van der Waals surface area contributed by atoms with Crippen LogP contribution in [0.4, 0.5) is 0 Å². The average molecular weight is 258 g/mol. The van der Waals surface area contributed by atoms with Gasteiger partial charge in [-0.25, -0.2) is 0 Å². The lowest BCUT2D eigenvalue weighted by Gasteiger charge is -2.42. The van der Waals surface area contributed by atoms with Crippen LogP contribution in [0.2, 0.25) is 0 Å². The molecule has 1 aromatic carbocycles. The Morgan fingerprint density at radius 2 is 2.00 bits per heavy atom. The van der Waals surface area contributed by atoms with Crippen LogP contribution in [0.3, 0.4) is 0 Å². The Kier molecular flexibility index (Phi) is 3.78. The number of benzene rings is 1. The van der Waals surface area contributed by atoms with E-state index < -0.39 is 0 Å². The predicted octanol–water partition coefficient (Wildman–Crippen LogP) is 3.41. The van der Waals surface area contributed by atoms with E-state index in [1.165, 1.54) is 30.6 Å². The fraction of sp³-hybridized carbons (Fsp3) is 0.538. The molecule has 2 aliphatic heterocycles. The normalized spacial score (nSPS) is 28.8. The van der Waals surface area contributed by atoms with Crippen molar-refractivity contribution in [3.8, 4) is 0 Å². The van der Waals surface area contributed by atoms with E-state index in [1.807, 2.05) is 0 Å². The zero-order valence-electron chi connectivity index (χ0n) is 9.23. The van der Waals surface area contributed by atoms with Crippen LogP contribution in [0.15, 0.2) is 24.3 Å². The highest BCUT2D eigenvalue weighted by atomic mass is 35.5. The van der Waals surface area contributed by atoms with E-state index in [2.05, 4.69) is 29.2 Å². The lowest BCUT2D eigenvalue weighted by atomic mass is 9.87. The first-order valence-electron chi connectivity index (χ1n) is 5.80. The molecular weight excluding hydrogens is 241 g/mol. The second-order valence-electron chi connectivity index (χ2n) is 4.62. The molecule has 1 fully saturated rings. The van der Waals surface area contributed by atoms with Crippen LogP contribution in [-0.2, 0) is 6.42 Å². The van der Waals surface area contributed by atoms with Crippen molar-refractivity contribution in [1.82, 2.24) is 4.90 Å². The van der Waals surface area contributed by atoms with Crippen LogP contribution in [0.5, 0.6) is 0 Å². The molecule has 0 aromatic heterocycles. The second kappa shape index (κ2) is 4.95. The third-order valence-electron chi connectivity index (χ3n) is 3.73. The first-order valence-corrected chi connectivity index (χ1v) is 6.24. The molecule has 0 amide bonds. The Hall–Kier alpha value is -0.240. The summed E-state index contributed by atoms with van der Waals surface area (Å²) in [7, 11) is 0. The van der Waals surface area contributed by atoms with Crippen molar-refractivity contribution in [2.45, 2.75) is 30.7 Å². The molecule has 16 heavy (non-hydrogen) atoms. The maximum Gasteiger partial charge on any atom is 0.0366 e. The summed E-state index contributed by atoms with van der Waals surface area (Å²) in [6.07, 6.45) is 3.48. The van der Waals surface area contributed by atoms with Crippen LogP contribution in [0, 0.1) is 0 Å². The van der Waals surface area contributed by atoms with Gasteiger partial charge in [0.1, 0.15) is 0 Å². The number of halogens is 2. The molecule has 0 aliphatic carbocycles. The zero-order chi connectivity index (χ0) is 10.3. The van der Waals surface area contributed by atoms with Crippen molar-refractivity contribution in [3.63, 3.8) is 0 Å². The van der Waals surface area contributed by atoms with Gasteiger partial charge in [-0.1, -0.05) is 24.3 Å². The van der Waals surface area contributed by atoms with Crippen molar-refractivity contribution in [2.75, 3.05) is 13.1 Å². The molecule has 3 heteroatoms. The van der Waals surface area contributed by atoms with Crippen molar-refractivity contribution in [1.29, 1.82) is 0 Å². The van der Waals surface area contributed by atoms with Crippen LogP contribution >= 0.6 is 24.0 Å². The standard InChI is InChI=1S/C13H16ClN.ClH/c14-11-6-8-15-7-5-10-3-1-2-4-12(10)13(15)9-11;/h1-4,11,13H,5-9H2;1H. The SMILES string of the molecule is Cl.ClC1CCN2CCc3ccccc3C2C1. The van der Waals surface area contributed by atoms with E-state index in [1.54, 1.807) is 0 Å². The Balaban J connectivity index is 0.000000963. The third-order valence-corrected chi connectivity index (χ3v) is 4.13. The molecule has 2 heterocycles. The highest BCUT2D eigenvalue weighted by Gasteiger charge is 2.32.